The summed E-state index contributed by atoms with van der Waals surface area (Å²) in [5.74, 6) is 0.831. The molecule has 1 aliphatic heterocycles. The predicted octanol–water partition coefficient (Wildman–Crippen LogP) is 4.33. The van der Waals surface area contributed by atoms with Gasteiger partial charge in [0.2, 0.25) is 11.9 Å². The zero-order valence-corrected chi connectivity index (χ0v) is 16.3. The van der Waals surface area contributed by atoms with E-state index in [2.05, 4.69) is 4.98 Å². The maximum Gasteiger partial charge on any atom is 0.225 e. The maximum absolute atomic E-state index is 12.5. The van der Waals surface area contributed by atoms with Crippen LogP contribution in [0.25, 0.3) is 11.1 Å². The number of piperidine rings is 1. The Bertz CT molecular complexity index is 793. The third-order valence-corrected chi connectivity index (χ3v) is 5.02. The third-order valence-electron chi connectivity index (χ3n) is 4.78. The minimum absolute atomic E-state index is 0.0214. The Balaban J connectivity index is 2.13. The zero-order chi connectivity index (χ0) is 18.7. The van der Waals surface area contributed by atoms with Crippen LogP contribution in [-0.4, -0.2) is 41.4 Å². The van der Waals surface area contributed by atoms with E-state index in [0.29, 0.717) is 17.4 Å². The monoisotopic (exact) mass is 372 g/mol. The van der Waals surface area contributed by atoms with Gasteiger partial charge in [0.1, 0.15) is 0 Å². The van der Waals surface area contributed by atoms with Crippen molar-refractivity contribution in [3.05, 3.63) is 41.2 Å². The first-order valence-corrected chi connectivity index (χ1v) is 9.48. The van der Waals surface area contributed by atoms with Crippen LogP contribution in [0.2, 0.25) is 5.02 Å². The van der Waals surface area contributed by atoms with E-state index in [4.69, 9.17) is 16.6 Å². The average Bonchev–Trinajstić information content (AvgIpc) is 2.66. The van der Waals surface area contributed by atoms with Crippen LogP contribution in [0.3, 0.4) is 0 Å². The van der Waals surface area contributed by atoms with E-state index in [9.17, 15) is 4.79 Å². The molecular weight excluding hydrogens is 348 g/mol. The minimum atomic E-state index is -0.0214. The second kappa shape index (κ2) is 8.04. The molecule has 0 spiro atoms. The minimum Gasteiger partial charge on any atom is -0.347 e. The second-order valence-corrected chi connectivity index (χ2v) is 7.26. The average molecular weight is 373 g/mol. The summed E-state index contributed by atoms with van der Waals surface area (Å²) in [6, 6.07) is 7.70. The zero-order valence-electron chi connectivity index (χ0n) is 15.6. The summed E-state index contributed by atoms with van der Waals surface area (Å²) in [6.45, 7) is 2.70. The fourth-order valence-corrected chi connectivity index (χ4v) is 3.64. The number of benzene rings is 1. The van der Waals surface area contributed by atoms with Crippen molar-refractivity contribution < 1.29 is 4.79 Å². The molecule has 1 atom stereocenters. The number of hydrogen-bond donors (Lipinski definition) is 0. The lowest BCUT2D eigenvalue weighted by Gasteiger charge is -2.36. The van der Waals surface area contributed by atoms with Gasteiger partial charge in [-0.05, 0) is 37.0 Å². The normalized spacial score (nSPS) is 17.2. The lowest BCUT2D eigenvalue weighted by Crippen LogP contribution is -2.38. The number of carbonyl (C=O) groups is 1. The molecule has 0 saturated carbocycles. The molecule has 0 radical (unpaired) electrons. The van der Waals surface area contributed by atoms with Gasteiger partial charge in [-0.25, -0.2) is 9.97 Å². The summed E-state index contributed by atoms with van der Waals surface area (Å²) in [4.78, 5) is 25.7. The Hall–Kier alpha value is -2.14. The Morgan fingerprint density at radius 2 is 2.15 bits per heavy atom. The lowest BCUT2D eigenvalue weighted by atomic mass is 9.93. The van der Waals surface area contributed by atoms with Crippen LogP contribution in [0.15, 0.2) is 30.5 Å². The molecular formula is C20H25ClN4O. The van der Waals surface area contributed by atoms with E-state index in [0.717, 1.165) is 42.6 Å². The molecule has 2 heterocycles. The van der Waals surface area contributed by atoms with Crippen molar-refractivity contribution in [1.82, 2.24) is 14.9 Å². The van der Waals surface area contributed by atoms with E-state index >= 15 is 0 Å². The van der Waals surface area contributed by atoms with Crippen LogP contribution in [0.4, 0.5) is 5.95 Å². The van der Waals surface area contributed by atoms with Gasteiger partial charge in [-0.1, -0.05) is 30.7 Å². The Morgan fingerprint density at radius 1 is 1.35 bits per heavy atom. The van der Waals surface area contributed by atoms with E-state index in [-0.39, 0.29) is 11.9 Å². The smallest absolute Gasteiger partial charge is 0.225 e. The van der Waals surface area contributed by atoms with Crippen molar-refractivity contribution >= 4 is 23.5 Å². The van der Waals surface area contributed by atoms with E-state index in [1.54, 1.807) is 0 Å². The number of nitrogens with zero attached hydrogens (tertiary/aromatic N) is 4. The van der Waals surface area contributed by atoms with Crippen LogP contribution in [0, 0.1) is 0 Å². The molecule has 6 heteroatoms. The molecule has 1 fully saturated rings. The summed E-state index contributed by atoms with van der Waals surface area (Å²) in [5.41, 5.74) is 2.83. The number of halogens is 1. The van der Waals surface area contributed by atoms with Crippen LogP contribution < -0.4 is 4.90 Å². The van der Waals surface area contributed by atoms with Gasteiger partial charge in [0, 0.05) is 43.8 Å². The fourth-order valence-electron chi connectivity index (χ4n) is 3.45. The fraction of sp³-hybridized carbons (Fsp3) is 0.450. The highest BCUT2D eigenvalue weighted by molar-refractivity contribution is 6.30. The lowest BCUT2D eigenvalue weighted by molar-refractivity contribution is -0.134. The van der Waals surface area contributed by atoms with Crippen molar-refractivity contribution in [1.29, 1.82) is 0 Å². The van der Waals surface area contributed by atoms with E-state index < -0.39 is 0 Å². The van der Waals surface area contributed by atoms with Crippen molar-refractivity contribution in [3.63, 3.8) is 0 Å². The van der Waals surface area contributed by atoms with Gasteiger partial charge in [-0.3, -0.25) is 4.79 Å². The molecule has 1 aromatic carbocycles. The summed E-state index contributed by atoms with van der Waals surface area (Å²) < 4.78 is 0. The van der Waals surface area contributed by atoms with Gasteiger partial charge in [0.05, 0.1) is 11.7 Å². The SMILES string of the molecule is CCC(=O)N1CCCC[C@H]1c1nc(N(C)C)ncc1-c1cccc(Cl)c1. The number of anilines is 1. The summed E-state index contributed by atoms with van der Waals surface area (Å²) in [7, 11) is 3.85. The Labute approximate surface area is 160 Å². The van der Waals surface area contributed by atoms with Crippen molar-refractivity contribution in [2.24, 2.45) is 0 Å². The molecule has 0 unspecified atom stereocenters. The standard InChI is InChI=1S/C20H25ClN4O/c1-4-18(26)25-11-6-5-10-17(25)19-16(13-22-20(23-19)24(2)3)14-8-7-9-15(21)12-14/h7-9,12-13,17H,4-6,10-11H2,1-3H3/t17-/m0/s1. The quantitative estimate of drug-likeness (QED) is 0.801. The molecule has 0 N–H and O–H groups in total. The number of likely N-dealkylation sites (tertiary alicyclic amines) is 1. The van der Waals surface area contributed by atoms with Crippen molar-refractivity contribution in [2.75, 3.05) is 25.5 Å². The molecule has 0 bridgehead atoms. The molecule has 138 valence electrons. The maximum atomic E-state index is 12.5. The highest BCUT2D eigenvalue weighted by Gasteiger charge is 2.30. The number of aromatic nitrogens is 2. The third kappa shape index (κ3) is 3.83. The van der Waals surface area contributed by atoms with Gasteiger partial charge in [0.15, 0.2) is 0 Å². The summed E-state index contributed by atoms with van der Waals surface area (Å²) in [6.07, 6.45) is 5.42. The number of hydrogen-bond acceptors (Lipinski definition) is 4. The Kier molecular flexibility index (Phi) is 5.77. The van der Waals surface area contributed by atoms with Crippen LogP contribution in [0.1, 0.15) is 44.3 Å². The van der Waals surface area contributed by atoms with Crippen LogP contribution >= 0.6 is 11.6 Å². The summed E-state index contributed by atoms with van der Waals surface area (Å²) in [5, 5.41) is 0.676. The number of carbonyl (C=O) groups excluding carboxylic acids is 1. The first kappa shape index (κ1) is 18.6. The van der Waals surface area contributed by atoms with E-state index in [1.165, 1.54) is 0 Å². The van der Waals surface area contributed by atoms with Gasteiger partial charge in [-0.2, -0.15) is 0 Å². The van der Waals surface area contributed by atoms with Gasteiger partial charge < -0.3 is 9.80 Å². The van der Waals surface area contributed by atoms with Crippen LogP contribution in [-0.2, 0) is 4.79 Å². The Morgan fingerprint density at radius 3 is 2.85 bits per heavy atom. The molecule has 0 aliphatic carbocycles. The van der Waals surface area contributed by atoms with E-state index in [1.807, 2.05) is 61.3 Å². The van der Waals surface area contributed by atoms with Gasteiger partial charge >= 0.3 is 0 Å². The first-order valence-electron chi connectivity index (χ1n) is 9.11. The highest BCUT2D eigenvalue weighted by Crippen LogP contribution is 2.37. The molecule has 3 rings (SSSR count). The predicted molar refractivity (Wildman–Crippen MR) is 105 cm³/mol. The highest BCUT2D eigenvalue weighted by atomic mass is 35.5. The number of rotatable bonds is 4. The number of amides is 1. The molecule has 5 nitrogen and oxygen atoms in total. The van der Waals surface area contributed by atoms with Crippen molar-refractivity contribution in [2.45, 2.75) is 38.6 Å². The summed E-state index contributed by atoms with van der Waals surface area (Å²) >= 11 is 6.20. The molecule has 26 heavy (non-hydrogen) atoms. The molecule has 1 saturated heterocycles. The van der Waals surface area contributed by atoms with Crippen LogP contribution in [0.5, 0.6) is 0 Å². The molecule has 1 aromatic heterocycles. The van der Waals surface area contributed by atoms with Crippen molar-refractivity contribution in [3.8, 4) is 11.1 Å². The molecule has 1 aliphatic rings. The van der Waals surface area contributed by atoms with Gasteiger partial charge in [0.25, 0.3) is 0 Å². The second-order valence-electron chi connectivity index (χ2n) is 6.83. The first-order chi connectivity index (χ1) is 12.5. The van der Waals surface area contributed by atoms with Gasteiger partial charge in [-0.15, -0.1) is 0 Å². The molecule has 2 aromatic rings. The molecule has 1 amide bonds. The largest absolute Gasteiger partial charge is 0.347 e. The topological polar surface area (TPSA) is 49.3 Å².